The normalized spacial score (nSPS) is 11.5. The monoisotopic (exact) mass is 351 g/mol. The Labute approximate surface area is 161 Å². The van der Waals surface area contributed by atoms with E-state index in [0.29, 0.717) is 0 Å². The highest BCUT2D eigenvalue weighted by molar-refractivity contribution is 4.62. The van der Waals surface area contributed by atoms with Gasteiger partial charge in [-0.25, -0.2) is 0 Å². The van der Waals surface area contributed by atoms with Crippen LogP contribution in [0.15, 0.2) is 0 Å². The quantitative estimate of drug-likeness (QED) is 0.180. The van der Waals surface area contributed by atoms with Gasteiger partial charge in [-0.05, 0) is 5.92 Å². The molecule has 0 aromatic carbocycles. The van der Waals surface area contributed by atoms with Crippen molar-refractivity contribution in [1.82, 2.24) is 0 Å². The third-order valence-electron chi connectivity index (χ3n) is 5.79. The predicted octanol–water partition coefficient (Wildman–Crippen LogP) is 9.67. The fraction of sp³-hybridized carbons (Fsp3) is 0.960. The second kappa shape index (κ2) is 22.0. The topological polar surface area (TPSA) is 0 Å². The number of hydrogen-bond acceptors (Lipinski definition) is 0. The predicted molar refractivity (Wildman–Crippen MR) is 117 cm³/mol. The van der Waals surface area contributed by atoms with Crippen molar-refractivity contribution in [3.8, 4) is 0 Å². The van der Waals surface area contributed by atoms with Crippen molar-refractivity contribution in [2.24, 2.45) is 5.92 Å². The molecular formula is C25H51. The first kappa shape index (κ1) is 25.0. The summed E-state index contributed by atoms with van der Waals surface area (Å²) in [5.74, 6) is 1.02. The van der Waals surface area contributed by atoms with E-state index in [2.05, 4.69) is 20.8 Å². The average Bonchev–Trinajstić information content (AvgIpc) is 2.63. The molecule has 0 aliphatic heterocycles. The largest absolute Gasteiger partial charge is 0.0654 e. The molecule has 0 bridgehead atoms. The zero-order valence-electron chi connectivity index (χ0n) is 18.1. The molecule has 25 heavy (non-hydrogen) atoms. The van der Waals surface area contributed by atoms with Gasteiger partial charge in [0.15, 0.2) is 0 Å². The lowest BCUT2D eigenvalue weighted by molar-refractivity contribution is 0.367. The van der Waals surface area contributed by atoms with E-state index < -0.39 is 0 Å². The minimum Gasteiger partial charge on any atom is -0.0654 e. The van der Waals surface area contributed by atoms with Crippen LogP contribution in [0, 0.1) is 12.8 Å². The second-order valence-electron chi connectivity index (χ2n) is 8.39. The molecule has 0 heteroatoms. The van der Waals surface area contributed by atoms with Crippen molar-refractivity contribution in [2.45, 2.75) is 149 Å². The third kappa shape index (κ3) is 20.2. The minimum absolute atomic E-state index is 1.02. The molecule has 0 spiro atoms. The summed E-state index contributed by atoms with van der Waals surface area (Å²) in [5.41, 5.74) is 0. The molecule has 0 aliphatic rings. The highest BCUT2D eigenvalue weighted by Gasteiger charge is 2.08. The number of unbranched alkanes of at least 4 members (excludes halogenated alkanes) is 15. The number of rotatable bonds is 21. The molecule has 0 aromatic rings. The van der Waals surface area contributed by atoms with Gasteiger partial charge in [-0.1, -0.05) is 156 Å². The molecule has 0 amide bonds. The van der Waals surface area contributed by atoms with E-state index in [-0.39, 0.29) is 0 Å². The molecule has 0 unspecified atom stereocenters. The van der Waals surface area contributed by atoms with Crippen molar-refractivity contribution in [1.29, 1.82) is 0 Å². The van der Waals surface area contributed by atoms with Crippen LogP contribution in [-0.2, 0) is 0 Å². The van der Waals surface area contributed by atoms with Gasteiger partial charge in [0.25, 0.3) is 0 Å². The van der Waals surface area contributed by atoms with Crippen molar-refractivity contribution >= 4 is 0 Å². The summed E-state index contributed by atoms with van der Waals surface area (Å²) in [7, 11) is 0. The summed E-state index contributed by atoms with van der Waals surface area (Å²) in [5, 5.41) is 0. The first-order chi connectivity index (χ1) is 12.3. The molecule has 0 aromatic heterocycles. The molecule has 0 aliphatic carbocycles. The Bertz CT molecular complexity index is 202. The fourth-order valence-electron chi connectivity index (χ4n) is 4.00. The summed E-state index contributed by atoms with van der Waals surface area (Å²) in [6, 6.07) is 0. The van der Waals surface area contributed by atoms with Crippen LogP contribution in [-0.4, -0.2) is 0 Å². The molecule has 0 atom stereocenters. The van der Waals surface area contributed by atoms with Crippen LogP contribution in [0.1, 0.15) is 149 Å². The van der Waals surface area contributed by atoms with Crippen molar-refractivity contribution < 1.29 is 0 Å². The lowest BCUT2D eigenvalue weighted by Crippen LogP contribution is -2.01. The van der Waals surface area contributed by atoms with Gasteiger partial charge in [0.05, 0.1) is 0 Å². The maximum absolute atomic E-state index is 3.98. The van der Waals surface area contributed by atoms with Gasteiger partial charge in [-0.3, -0.25) is 0 Å². The van der Waals surface area contributed by atoms with Crippen LogP contribution < -0.4 is 0 Å². The van der Waals surface area contributed by atoms with Gasteiger partial charge < -0.3 is 0 Å². The van der Waals surface area contributed by atoms with Gasteiger partial charge in [0, 0.05) is 0 Å². The van der Waals surface area contributed by atoms with Crippen LogP contribution >= 0.6 is 0 Å². The Morgan fingerprint density at radius 1 is 0.440 bits per heavy atom. The van der Waals surface area contributed by atoms with E-state index in [9.17, 15) is 0 Å². The smallest absolute Gasteiger partial charge is 0.0414 e. The van der Waals surface area contributed by atoms with Crippen LogP contribution in [0.5, 0.6) is 0 Å². The van der Waals surface area contributed by atoms with E-state index in [1.54, 1.807) is 0 Å². The van der Waals surface area contributed by atoms with Gasteiger partial charge in [0.1, 0.15) is 0 Å². The first-order valence-electron chi connectivity index (χ1n) is 12.1. The minimum atomic E-state index is 1.02. The molecule has 0 rings (SSSR count). The van der Waals surface area contributed by atoms with Gasteiger partial charge in [-0.15, -0.1) is 0 Å². The fourth-order valence-corrected chi connectivity index (χ4v) is 4.00. The summed E-state index contributed by atoms with van der Waals surface area (Å²) in [6.07, 6.45) is 30.2. The molecular weight excluding hydrogens is 300 g/mol. The van der Waals surface area contributed by atoms with E-state index in [0.717, 1.165) is 12.3 Å². The summed E-state index contributed by atoms with van der Waals surface area (Å²) < 4.78 is 0. The summed E-state index contributed by atoms with van der Waals surface area (Å²) in [6.45, 7) is 8.60. The van der Waals surface area contributed by atoms with Crippen LogP contribution in [0.3, 0.4) is 0 Å². The molecule has 151 valence electrons. The third-order valence-corrected chi connectivity index (χ3v) is 5.79. The molecule has 1 radical (unpaired) electrons. The Hall–Kier alpha value is 0. The maximum atomic E-state index is 3.98. The van der Waals surface area contributed by atoms with Crippen LogP contribution in [0.2, 0.25) is 0 Å². The standard InChI is InChI=1S/C25H51/c1-4-7-10-13-15-17-20-23-25(22-19-12-9-6-3)24-21-18-16-14-11-8-5-2/h25H,3-24H2,1-2H3. The lowest BCUT2D eigenvalue weighted by atomic mass is 9.89. The van der Waals surface area contributed by atoms with Gasteiger partial charge >= 0.3 is 0 Å². The highest BCUT2D eigenvalue weighted by Crippen LogP contribution is 2.24. The second-order valence-corrected chi connectivity index (χ2v) is 8.39. The molecule has 0 nitrogen and oxygen atoms in total. The average molecular weight is 352 g/mol. The molecule has 0 saturated heterocycles. The van der Waals surface area contributed by atoms with Gasteiger partial charge in [-0.2, -0.15) is 0 Å². The van der Waals surface area contributed by atoms with Crippen molar-refractivity contribution in [2.75, 3.05) is 0 Å². The summed E-state index contributed by atoms with van der Waals surface area (Å²) >= 11 is 0. The SMILES string of the molecule is [CH2]CCCCCC(CCCCCCCCC)CCCCCCCCC. The molecule has 0 heterocycles. The molecule has 0 fully saturated rings. The first-order valence-corrected chi connectivity index (χ1v) is 12.1. The Balaban J connectivity index is 3.71. The Kier molecular flexibility index (Phi) is 22.0. The Morgan fingerprint density at radius 2 is 0.760 bits per heavy atom. The maximum Gasteiger partial charge on any atom is -0.0414 e. The van der Waals surface area contributed by atoms with Crippen LogP contribution in [0.4, 0.5) is 0 Å². The van der Waals surface area contributed by atoms with E-state index >= 15 is 0 Å². The van der Waals surface area contributed by atoms with Crippen molar-refractivity contribution in [3.63, 3.8) is 0 Å². The van der Waals surface area contributed by atoms with Crippen LogP contribution in [0.25, 0.3) is 0 Å². The lowest BCUT2D eigenvalue weighted by Gasteiger charge is -2.17. The number of hydrogen-bond donors (Lipinski definition) is 0. The zero-order chi connectivity index (χ0) is 18.4. The summed E-state index contributed by atoms with van der Waals surface area (Å²) in [4.78, 5) is 0. The van der Waals surface area contributed by atoms with E-state index in [1.165, 1.54) is 128 Å². The Morgan fingerprint density at radius 3 is 1.12 bits per heavy atom. The molecule has 0 N–H and O–H groups in total. The van der Waals surface area contributed by atoms with Gasteiger partial charge in [0.2, 0.25) is 0 Å². The highest BCUT2D eigenvalue weighted by atomic mass is 14.1. The molecule has 0 saturated carbocycles. The van der Waals surface area contributed by atoms with Crippen molar-refractivity contribution in [3.05, 3.63) is 6.92 Å². The van der Waals surface area contributed by atoms with E-state index in [1.807, 2.05) is 0 Å². The van der Waals surface area contributed by atoms with E-state index in [4.69, 9.17) is 0 Å². The zero-order valence-corrected chi connectivity index (χ0v) is 18.1.